The third kappa shape index (κ3) is 7.65. The van der Waals surface area contributed by atoms with Crippen LogP contribution < -0.4 is 10.1 Å². The first-order valence-corrected chi connectivity index (χ1v) is 9.74. The third-order valence-electron chi connectivity index (χ3n) is 4.49. The molecule has 4 nitrogen and oxygen atoms in total. The SMILES string of the molecule is CCCCCCc1cc(C=CC(=O)NCCc2ccncc2)ccc1OC. The van der Waals surface area contributed by atoms with Crippen LogP contribution in [0.3, 0.4) is 0 Å². The lowest BCUT2D eigenvalue weighted by Gasteiger charge is -2.09. The Morgan fingerprint density at radius 1 is 1.11 bits per heavy atom. The minimum absolute atomic E-state index is 0.0793. The van der Waals surface area contributed by atoms with Gasteiger partial charge in [-0.05, 0) is 66.3 Å². The van der Waals surface area contributed by atoms with Crippen LogP contribution in [0.1, 0.15) is 49.3 Å². The van der Waals surface area contributed by atoms with Gasteiger partial charge in [-0.3, -0.25) is 9.78 Å². The second kappa shape index (κ2) is 11.9. The van der Waals surface area contributed by atoms with Crippen LogP contribution in [0.4, 0.5) is 0 Å². The molecular weight excluding hydrogens is 336 g/mol. The molecule has 1 amide bonds. The number of benzene rings is 1. The largest absolute Gasteiger partial charge is 0.496 e. The number of ether oxygens (including phenoxy) is 1. The second-order valence-corrected chi connectivity index (χ2v) is 6.61. The quantitative estimate of drug-likeness (QED) is 0.468. The Hall–Kier alpha value is -2.62. The summed E-state index contributed by atoms with van der Waals surface area (Å²) in [5.74, 6) is 0.842. The summed E-state index contributed by atoms with van der Waals surface area (Å²) in [6.07, 6.45) is 13.7. The highest BCUT2D eigenvalue weighted by Gasteiger charge is 2.04. The van der Waals surface area contributed by atoms with Crippen molar-refractivity contribution >= 4 is 12.0 Å². The summed E-state index contributed by atoms with van der Waals surface area (Å²) in [5.41, 5.74) is 3.39. The molecule has 2 rings (SSSR count). The maximum Gasteiger partial charge on any atom is 0.244 e. The molecule has 0 bridgehead atoms. The number of amides is 1. The molecular formula is C23H30N2O2. The van der Waals surface area contributed by atoms with Crippen LogP contribution in [0.2, 0.25) is 0 Å². The van der Waals surface area contributed by atoms with Gasteiger partial charge in [0, 0.05) is 25.0 Å². The van der Waals surface area contributed by atoms with E-state index in [1.165, 1.54) is 24.8 Å². The van der Waals surface area contributed by atoms with Gasteiger partial charge in [0.15, 0.2) is 0 Å². The Morgan fingerprint density at radius 3 is 2.67 bits per heavy atom. The van der Waals surface area contributed by atoms with Gasteiger partial charge in [-0.25, -0.2) is 0 Å². The van der Waals surface area contributed by atoms with Crippen LogP contribution in [-0.4, -0.2) is 24.5 Å². The highest BCUT2D eigenvalue weighted by Crippen LogP contribution is 2.23. The lowest BCUT2D eigenvalue weighted by molar-refractivity contribution is -0.116. The monoisotopic (exact) mass is 366 g/mol. The zero-order chi connectivity index (χ0) is 19.3. The normalized spacial score (nSPS) is 10.9. The molecule has 0 saturated carbocycles. The second-order valence-electron chi connectivity index (χ2n) is 6.61. The fourth-order valence-corrected chi connectivity index (χ4v) is 2.95. The first-order chi connectivity index (χ1) is 13.2. The number of methoxy groups -OCH3 is 1. The van der Waals surface area contributed by atoms with E-state index in [1.807, 2.05) is 30.3 Å². The van der Waals surface area contributed by atoms with Gasteiger partial charge in [0.1, 0.15) is 5.75 Å². The van der Waals surface area contributed by atoms with Gasteiger partial charge < -0.3 is 10.1 Å². The summed E-state index contributed by atoms with van der Waals surface area (Å²) in [6, 6.07) is 10.00. The minimum Gasteiger partial charge on any atom is -0.496 e. The Morgan fingerprint density at radius 2 is 1.93 bits per heavy atom. The van der Waals surface area contributed by atoms with E-state index >= 15 is 0 Å². The number of pyridine rings is 1. The Bertz CT molecular complexity index is 726. The van der Waals surface area contributed by atoms with Gasteiger partial charge in [-0.2, -0.15) is 0 Å². The van der Waals surface area contributed by atoms with E-state index in [0.717, 1.165) is 36.1 Å². The first-order valence-electron chi connectivity index (χ1n) is 9.74. The van der Waals surface area contributed by atoms with Crippen LogP contribution in [0.5, 0.6) is 5.75 Å². The minimum atomic E-state index is -0.0793. The summed E-state index contributed by atoms with van der Waals surface area (Å²) in [6.45, 7) is 2.83. The number of nitrogens with one attached hydrogen (secondary N) is 1. The molecule has 0 aliphatic rings. The van der Waals surface area contributed by atoms with Crippen molar-refractivity contribution < 1.29 is 9.53 Å². The Balaban J connectivity index is 1.86. The average Bonchev–Trinajstić information content (AvgIpc) is 2.70. The van der Waals surface area contributed by atoms with E-state index in [9.17, 15) is 4.79 Å². The van der Waals surface area contributed by atoms with Crippen molar-refractivity contribution in [2.75, 3.05) is 13.7 Å². The smallest absolute Gasteiger partial charge is 0.244 e. The zero-order valence-electron chi connectivity index (χ0n) is 16.4. The number of hydrogen-bond acceptors (Lipinski definition) is 3. The molecule has 144 valence electrons. The van der Waals surface area contributed by atoms with Crippen LogP contribution in [0.25, 0.3) is 6.08 Å². The van der Waals surface area contributed by atoms with E-state index in [2.05, 4.69) is 23.3 Å². The average molecular weight is 367 g/mol. The maximum atomic E-state index is 12.0. The molecule has 1 heterocycles. The van der Waals surface area contributed by atoms with Gasteiger partial charge in [0.2, 0.25) is 5.91 Å². The van der Waals surface area contributed by atoms with Gasteiger partial charge in [0.25, 0.3) is 0 Å². The van der Waals surface area contributed by atoms with E-state index < -0.39 is 0 Å². The zero-order valence-corrected chi connectivity index (χ0v) is 16.4. The van der Waals surface area contributed by atoms with Gasteiger partial charge in [0.05, 0.1) is 7.11 Å². The van der Waals surface area contributed by atoms with Gasteiger partial charge in [-0.15, -0.1) is 0 Å². The summed E-state index contributed by atoms with van der Waals surface area (Å²) >= 11 is 0. The number of carbonyl (C=O) groups is 1. The molecule has 27 heavy (non-hydrogen) atoms. The van der Waals surface area contributed by atoms with Crippen molar-refractivity contribution in [1.29, 1.82) is 0 Å². The van der Waals surface area contributed by atoms with Crippen molar-refractivity contribution in [1.82, 2.24) is 10.3 Å². The van der Waals surface area contributed by atoms with Crippen molar-refractivity contribution in [2.24, 2.45) is 0 Å². The van der Waals surface area contributed by atoms with E-state index in [0.29, 0.717) is 6.54 Å². The molecule has 0 saturated heterocycles. The molecule has 0 fully saturated rings. The molecule has 1 aromatic carbocycles. The summed E-state index contributed by atoms with van der Waals surface area (Å²) in [4.78, 5) is 16.0. The first kappa shape index (κ1) is 20.7. The van der Waals surface area contributed by atoms with Crippen LogP contribution in [0.15, 0.2) is 48.8 Å². The van der Waals surface area contributed by atoms with Crippen LogP contribution in [-0.2, 0) is 17.6 Å². The Labute approximate surface area is 162 Å². The van der Waals surface area contributed by atoms with E-state index in [1.54, 1.807) is 25.6 Å². The van der Waals surface area contributed by atoms with Gasteiger partial charge >= 0.3 is 0 Å². The van der Waals surface area contributed by atoms with Crippen LogP contribution >= 0.6 is 0 Å². The molecule has 0 aliphatic carbocycles. The highest BCUT2D eigenvalue weighted by atomic mass is 16.5. The highest BCUT2D eigenvalue weighted by molar-refractivity contribution is 5.91. The van der Waals surface area contributed by atoms with Crippen molar-refractivity contribution in [2.45, 2.75) is 45.4 Å². The lowest BCUT2D eigenvalue weighted by Crippen LogP contribution is -2.23. The topological polar surface area (TPSA) is 51.2 Å². The van der Waals surface area contributed by atoms with E-state index in [-0.39, 0.29) is 5.91 Å². The molecule has 0 unspecified atom stereocenters. The summed E-state index contributed by atoms with van der Waals surface area (Å²) in [7, 11) is 1.70. The predicted octanol–water partition coefficient (Wildman–Crippen LogP) is 4.59. The number of carbonyl (C=O) groups excluding carboxylic acids is 1. The van der Waals surface area contributed by atoms with Crippen molar-refractivity contribution in [3.05, 3.63) is 65.5 Å². The molecule has 1 aromatic heterocycles. The van der Waals surface area contributed by atoms with Crippen molar-refractivity contribution in [3.63, 3.8) is 0 Å². The number of aromatic nitrogens is 1. The summed E-state index contributed by atoms with van der Waals surface area (Å²) < 4.78 is 5.47. The number of nitrogens with zero attached hydrogens (tertiary/aromatic N) is 1. The molecule has 0 radical (unpaired) electrons. The number of aryl methyl sites for hydroxylation is 1. The molecule has 0 atom stereocenters. The fourth-order valence-electron chi connectivity index (χ4n) is 2.95. The van der Waals surface area contributed by atoms with E-state index in [4.69, 9.17) is 4.74 Å². The number of unbranched alkanes of at least 4 members (excludes halogenated alkanes) is 3. The van der Waals surface area contributed by atoms with Crippen LogP contribution in [0, 0.1) is 0 Å². The number of hydrogen-bond donors (Lipinski definition) is 1. The molecule has 0 spiro atoms. The van der Waals surface area contributed by atoms with Gasteiger partial charge in [-0.1, -0.05) is 32.3 Å². The molecule has 2 aromatic rings. The fraction of sp³-hybridized carbons (Fsp3) is 0.391. The maximum absolute atomic E-state index is 12.0. The predicted molar refractivity (Wildman–Crippen MR) is 111 cm³/mol. The number of rotatable bonds is 11. The Kier molecular flexibility index (Phi) is 9.11. The van der Waals surface area contributed by atoms with Crippen molar-refractivity contribution in [3.8, 4) is 5.75 Å². The lowest BCUT2D eigenvalue weighted by atomic mass is 10.0. The third-order valence-corrected chi connectivity index (χ3v) is 4.49. The molecule has 1 N–H and O–H groups in total. The molecule has 0 aliphatic heterocycles. The standard InChI is InChI=1S/C23H30N2O2/c1-3-4-5-6-7-21-18-20(8-10-22(21)27-2)9-11-23(26)25-17-14-19-12-15-24-16-13-19/h8-13,15-16,18H,3-7,14,17H2,1-2H3,(H,25,26). The molecule has 4 heteroatoms. The summed E-state index contributed by atoms with van der Waals surface area (Å²) in [5, 5.41) is 2.92.